The van der Waals surface area contributed by atoms with Gasteiger partial charge in [-0.25, -0.2) is 4.79 Å². The van der Waals surface area contributed by atoms with Crippen molar-refractivity contribution in [1.29, 1.82) is 0 Å². The number of ether oxygens (including phenoxy) is 1. The molecule has 0 amide bonds. The Balaban J connectivity index is 2.35. The average molecular weight is 244 g/mol. The van der Waals surface area contributed by atoms with E-state index < -0.39 is 42.3 Å². The molecule has 94 valence electrons. The van der Waals surface area contributed by atoms with Gasteiger partial charge in [0.2, 0.25) is 0 Å². The number of aromatic nitrogens is 2. The first-order valence-electron chi connectivity index (χ1n) is 4.99. The highest BCUT2D eigenvalue weighted by Crippen LogP contribution is 2.31. The van der Waals surface area contributed by atoms with Crippen LogP contribution in [0, 0.1) is 0 Å². The molecule has 1 aliphatic rings. The molecule has 1 unspecified atom stereocenters. The van der Waals surface area contributed by atoms with Crippen LogP contribution in [0.15, 0.2) is 15.8 Å². The van der Waals surface area contributed by atoms with Gasteiger partial charge in [0.05, 0.1) is 12.2 Å². The zero-order valence-corrected chi connectivity index (χ0v) is 8.66. The van der Waals surface area contributed by atoms with E-state index in [1.165, 1.54) is 0 Å². The molecule has 1 fully saturated rings. The molecular formula is C9H12N2O6. The molecule has 0 aromatic carbocycles. The summed E-state index contributed by atoms with van der Waals surface area (Å²) in [4.78, 5) is 26.5. The van der Waals surface area contributed by atoms with Gasteiger partial charge in [-0.2, -0.15) is 0 Å². The third-order valence-corrected chi connectivity index (χ3v) is 2.70. The number of H-pyrrole nitrogens is 2. The van der Waals surface area contributed by atoms with Crippen molar-refractivity contribution in [3.63, 3.8) is 0 Å². The summed E-state index contributed by atoms with van der Waals surface area (Å²) in [5.41, 5.74) is -1.39. The minimum atomic E-state index is -1.33. The number of aromatic amines is 2. The maximum absolute atomic E-state index is 11.5. The molecule has 8 heteroatoms. The Morgan fingerprint density at radius 3 is 2.53 bits per heavy atom. The summed E-state index contributed by atoms with van der Waals surface area (Å²) in [7, 11) is 0. The normalized spacial score (nSPS) is 32.9. The van der Waals surface area contributed by atoms with Crippen LogP contribution < -0.4 is 11.2 Å². The van der Waals surface area contributed by atoms with Crippen LogP contribution in [0.3, 0.4) is 0 Å². The van der Waals surface area contributed by atoms with Crippen LogP contribution in [0.5, 0.6) is 0 Å². The van der Waals surface area contributed by atoms with Crippen LogP contribution in [0.1, 0.15) is 11.7 Å². The minimum absolute atomic E-state index is 0.00731. The van der Waals surface area contributed by atoms with E-state index in [1.54, 1.807) is 0 Å². The van der Waals surface area contributed by atoms with Crippen molar-refractivity contribution in [1.82, 2.24) is 9.97 Å². The van der Waals surface area contributed by atoms with Gasteiger partial charge in [0, 0.05) is 6.20 Å². The number of nitrogens with one attached hydrogen (secondary N) is 2. The fourth-order valence-corrected chi connectivity index (χ4v) is 1.79. The largest absolute Gasteiger partial charge is 0.394 e. The number of aliphatic hydroxyl groups excluding tert-OH is 3. The molecule has 2 heterocycles. The van der Waals surface area contributed by atoms with Crippen molar-refractivity contribution in [2.75, 3.05) is 6.61 Å². The van der Waals surface area contributed by atoms with Gasteiger partial charge in [0.1, 0.15) is 24.4 Å². The van der Waals surface area contributed by atoms with E-state index in [9.17, 15) is 19.8 Å². The first-order valence-corrected chi connectivity index (χ1v) is 4.99. The van der Waals surface area contributed by atoms with E-state index in [0.717, 1.165) is 6.20 Å². The van der Waals surface area contributed by atoms with Crippen molar-refractivity contribution in [3.8, 4) is 0 Å². The predicted molar refractivity (Wildman–Crippen MR) is 54.4 cm³/mol. The van der Waals surface area contributed by atoms with Gasteiger partial charge in [-0.3, -0.25) is 9.78 Å². The average Bonchev–Trinajstić information content (AvgIpc) is 2.57. The predicted octanol–water partition coefficient (Wildman–Crippen LogP) is -2.78. The summed E-state index contributed by atoms with van der Waals surface area (Å²) < 4.78 is 5.15. The minimum Gasteiger partial charge on any atom is -0.394 e. The van der Waals surface area contributed by atoms with Crippen LogP contribution >= 0.6 is 0 Å². The van der Waals surface area contributed by atoms with Gasteiger partial charge < -0.3 is 25.0 Å². The summed E-state index contributed by atoms with van der Waals surface area (Å²) >= 11 is 0. The van der Waals surface area contributed by atoms with Crippen LogP contribution in [0.4, 0.5) is 0 Å². The Kier molecular flexibility index (Phi) is 3.11. The Morgan fingerprint density at radius 1 is 1.29 bits per heavy atom. The summed E-state index contributed by atoms with van der Waals surface area (Å²) in [5.74, 6) is 0. The summed E-state index contributed by atoms with van der Waals surface area (Å²) in [6.07, 6.45) is -3.54. The Morgan fingerprint density at radius 2 is 2.00 bits per heavy atom. The van der Waals surface area contributed by atoms with Crippen molar-refractivity contribution >= 4 is 0 Å². The molecule has 1 aliphatic heterocycles. The SMILES string of the molecule is O=c1[nH]cc([C@@H]2OC(CO)[C@@H](O)[C@H]2O)c(=O)[nH]1. The Bertz CT molecular complexity index is 509. The van der Waals surface area contributed by atoms with Crippen LogP contribution in [0.2, 0.25) is 0 Å². The fraction of sp³-hybridized carbons (Fsp3) is 0.556. The zero-order chi connectivity index (χ0) is 12.6. The van der Waals surface area contributed by atoms with E-state index in [2.05, 4.69) is 4.98 Å². The molecular weight excluding hydrogens is 232 g/mol. The van der Waals surface area contributed by atoms with E-state index in [0.29, 0.717) is 0 Å². The van der Waals surface area contributed by atoms with Gasteiger partial charge in [-0.1, -0.05) is 0 Å². The van der Waals surface area contributed by atoms with Crippen LogP contribution in [0.25, 0.3) is 0 Å². The lowest BCUT2D eigenvalue weighted by molar-refractivity contribution is -0.0232. The number of hydrogen-bond donors (Lipinski definition) is 5. The first-order chi connectivity index (χ1) is 8.04. The molecule has 4 atom stereocenters. The van der Waals surface area contributed by atoms with E-state index in [1.807, 2.05) is 4.98 Å². The fourth-order valence-electron chi connectivity index (χ4n) is 1.79. The highest BCUT2D eigenvalue weighted by Gasteiger charge is 2.44. The summed E-state index contributed by atoms with van der Waals surface area (Å²) in [6, 6.07) is 0. The number of rotatable bonds is 2. The van der Waals surface area contributed by atoms with Gasteiger partial charge in [0.25, 0.3) is 5.56 Å². The molecule has 1 aromatic rings. The molecule has 0 saturated carbocycles. The second-order valence-electron chi connectivity index (χ2n) is 3.79. The molecule has 8 nitrogen and oxygen atoms in total. The van der Waals surface area contributed by atoms with Crippen LogP contribution in [-0.4, -0.2) is 50.2 Å². The van der Waals surface area contributed by atoms with E-state index in [4.69, 9.17) is 9.84 Å². The van der Waals surface area contributed by atoms with E-state index >= 15 is 0 Å². The van der Waals surface area contributed by atoms with Crippen LogP contribution in [-0.2, 0) is 4.74 Å². The smallest absolute Gasteiger partial charge is 0.325 e. The Labute approximate surface area is 94.5 Å². The van der Waals surface area contributed by atoms with Crippen molar-refractivity contribution < 1.29 is 20.1 Å². The van der Waals surface area contributed by atoms with Gasteiger partial charge in [0.15, 0.2) is 0 Å². The quantitative estimate of drug-likeness (QED) is 0.382. The third kappa shape index (κ3) is 2.03. The maximum Gasteiger partial charge on any atom is 0.325 e. The lowest BCUT2D eigenvalue weighted by Gasteiger charge is -2.13. The van der Waals surface area contributed by atoms with Gasteiger partial charge in [-0.15, -0.1) is 0 Å². The molecule has 5 N–H and O–H groups in total. The Hall–Kier alpha value is -1.48. The van der Waals surface area contributed by atoms with E-state index in [-0.39, 0.29) is 5.56 Å². The first kappa shape index (κ1) is 12.0. The highest BCUT2D eigenvalue weighted by molar-refractivity contribution is 5.13. The second-order valence-corrected chi connectivity index (χ2v) is 3.79. The molecule has 1 aromatic heterocycles. The standard InChI is InChI=1S/C9H12N2O6/c12-2-4-5(13)6(14)7(17-4)3-1-10-9(16)11-8(3)15/h1,4-7,12-14H,2H2,(H2,10,11,15,16)/t4?,5-,6-,7+/m1/s1. The highest BCUT2D eigenvalue weighted by atomic mass is 16.6. The molecule has 0 spiro atoms. The molecule has 1 saturated heterocycles. The summed E-state index contributed by atoms with van der Waals surface area (Å²) in [5, 5.41) is 28.1. The molecule has 2 rings (SSSR count). The van der Waals surface area contributed by atoms with Crippen molar-refractivity contribution in [3.05, 3.63) is 32.6 Å². The van der Waals surface area contributed by atoms with Crippen molar-refractivity contribution in [2.24, 2.45) is 0 Å². The monoisotopic (exact) mass is 244 g/mol. The number of hydrogen-bond acceptors (Lipinski definition) is 6. The number of aliphatic hydroxyl groups is 3. The van der Waals surface area contributed by atoms with Gasteiger partial charge in [-0.05, 0) is 0 Å². The molecule has 0 radical (unpaired) electrons. The lowest BCUT2D eigenvalue weighted by atomic mass is 10.0. The summed E-state index contributed by atoms with van der Waals surface area (Å²) in [6.45, 7) is -0.476. The molecule has 17 heavy (non-hydrogen) atoms. The lowest BCUT2D eigenvalue weighted by Crippen LogP contribution is -2.34. The zero-order valence-electron chi connectivity index (χ0n) is 8.66. The maximum atomic E-state index is 11.5. The molecule has 0 aliphatic carbocycles. The van der Waals surface area contributed by atoms with Crippen molar-refractivity contribution in [2.45, 2.75) is 24.4 Å². The topological polar surface area (TPSA) is 136 Å². The third-order valence-electron chi connectivity index (χ3n) is 2.70. The molecule has 0 bridgehead atoms. The van der Waals surface area contributed by atoms with Gasteiger partial charge >= 0.3 is 5.69 Å². The second kappa shape index (κ2) is 4.41.